The maximum absolute atomic E-state index is 9.14. The Balaban J connectivity index is 2.20. The Morgan fingerprint density at radius 3 is 2.56 bits per heavy atom. The lowest BCUT2D eigenvalue weighted by Gasteiger charge is -2.05. The summed E-state index contributed by atoms with van der Waals surface area (Å²) < 4.78 is 0.878. The smallest absolute Gasteiger partial charge is 0.227 e. The monoisotopic (exact) mass is 279 g/mol. The number of nitrogens with zero attached hydrogens (tertiary/aromatic N) is 2. The zero-order valence-electron chi connectivity index (χ0n) is 8.61. The first-order chi connectivity index (χ1) is 7.65. The van der Waals surface area contributed by atoms with Gasteiger partial charge >= 0.3 is 0 Å². The molecule has 0 bridgehead atoms. The van der Waals surface area contributed by atoms with Crippen molar-refractivity contribution in [1.82, 2.24) is 9.97 Å². The van der Waals surface area contributed by atoms with E-state index in [-0.39, 0.29) is 5.75 Å². The fourth-order valence-corrected chi connectivity index (χ4v) is 1.38. The van der Waals surface area contributed by atoms with Crippen molar-refractivity contribution in [1.29, 1.82) is 0 Å². The Morgan fingerprint density at radius 2 is 1.94 bits per heavy atom. The van der Waals surface area contributed by atoms with Gasteiger partial charge in [-0.2, -0.15) is 0 Å². The first kappa shape index (κ1) is 10.9. The van der Waals surface area contributed by atoms with Crippen LogP contribution in [0.3, 0.4) is 0 Å². The molecule has 1 aromatic carbocycles. The van der Waals surface area contributed by atoms with E-state index in [0.717, 1.165) is 15.9 Å². The Hall–Kier alpha value is -1.62. The molecule has 16 heavy (non-hydrogen) atoms. The molecular weight excluding hydrogens is 270 g/mol. The van der Waals surface area contributed by atoms with Crippen LogP contribution in [-0.2, 0) is 0 Å². The van der Waals surface area contributed by atoms with Crippen LogP contribution in [0.4, 0.5) is 11.6 Å². The summed E-state index contributed by atoms with van der Waals surface area (Å²) in [5.41, 5.74) is 1.70. The first-order valence-corrected chi connectivity index (χ1v) is 5.49. The SMILES string of the molecule is Cc1nc(Nc2ccc(O)cc2)ncc1Br. The zero-order valence-corrected chi connectivity index (χ0v) is 10.2. The summed E-state index contributed by atoms with van der Waals surface area (Å²) in [7, 11) is 0. The number of benzene rings is 1. The molecule has 0 radical (unpaired) electrons. The third-order valence-electron chi connectivity index (χ3n) is 2.04. The number of hydrogen-bond donors (Lipinski definition) is 2. The summed E-state index contributed by atoms with van der Waals surface area (Å²) in [5, 5.41) is 12.2. The molecule has 0 saturated carbocycles. The highest BCUT2D eigenvalue weighted by Gasteiger charge is 2.01. The van der Waals surface area contributed by atoms with E-state index in [9.17, 15) is 0 Å². The van der Waals surface area contributed by atoms with Crippen molar-refractivity contribution in [3.8, 4) is 5.75 Å². The number of hydrogen-bond acceptors (Lipinski definition) is 4. The van der Waals surface area contributed by atoms with Gasteiger partial charge in [-0.05, 0) is 47.1 Å². The molecule has 2 aromatic rings. The van der Waals surface area contributed by atoms with E-state index in [0.29, 0.717) is 5.95 Å². The minimum absolute atomic E-state index is 0.235. The summed E-state index contributed by atoms with van der Waals surface area (Å²) in [6.45, 7) is 1.90. The van der Waals surface area contributed by atoms with Crippen LogP contribution in [0, 0.1) is 6.92 Å². The molecular formula is C11H10BrN3O. The maximum atomic E-state index is 9.14. The molecule has 0 atom stereocenters. The predicted molar refractivity (Wildman–Crippen MR) is 65.9 cm³/mol. The van der Waals surface area contributed by atoms with Crippen molar-refractivity contribution in [2.75, 3.05) is 5.32 Å². The molecule has 0 aliphatic rings. The minimum Gasteiger partial charge on any atom is -0.508 e. The summed E-state index contributed by atoms with van der Waals surface area (Å²) in [5.74, 6) is 0.768. The molecule has 82 valence electrons. The molecule has 0 aliphatic carbocycles. The highest BCUT2D eigenvalue weighted by Crippen LogP contribution is 2.18. The first-order valence-electron chi connectivity index (χ1n) is 4.70. The zero-order chi connectivity index (χ0) is 11.5. The van der Waals surface area contributed by atoms with Gasteiger partial charge in [0.1, 0.15) is 5.75 Å². The van der Waals surface area contributed by atoms with Crippen LogP contribution in [0.5, 0.6) is 5.75 Å². The number of aryl methyl sites for hydroxylation is 1. The number of phenols is 1. The van der Waals surface area contributed by atoms with Crippen LogP contribution in [0.25, 0.3) is 0 Å². The van der Waals surface area contributed by atoms with Crippen molar-refractivity contribution >= 4 is 27.6 Å². The quantitative estimate of drug-likeness (QED) is 0.830. The van der Waals surface area contributed by atoms with E-state index in [4.69, 9.17) is 5.11 Å². The second kappa shape index (κ2) is 4.49. The second-order valence-electron chi connectivity index (χ2n) is 3.30. The van der Waals surface area contributed by atoms with Crippen LogP contribution in [0.15, 0.2) is 34.9 Å². The summed E-state index contributed by atoms with van der Waals surface area (Å²) in [6, 6.07) is 6.73. The highest BCUT2D eigenvalue weighted by molar-refractivity contribution is 9.10. The number of nitrogens with one attached hydrogen (secondary N) is 1. The van der Waals surface area contributed by atoms with Crippen LogP contribution in [-0.4, -0.2) is 15.1 Å². The normalized spacial score (nSPS) is 10.1. The van der Waals surface area contributed by atoms with Crippen molar-refractivity contribution in [2.24, 2.45) is 0 Å². The molecule has 4 nitrogen and oxygen atoms in total. The molecule has 5 heteroatoms. The van der Waals surface area contributed by atoms with E-state index in [1.807, 2.05) is 6.92 Å². The largest absolute Gasteiger partial charge is 0.508 e. The average Bonchev–Trinajstić information content (AvgIpc) is 2.27. The van der Waals surface area contributed by atoms with Crippen molar-refractivity contribution in [3.05, 3.63) is 40.6 Å². The topological polar surface area (TPSA) is 58.0 Å². The molecule has 0 saturated heterocycles. The van der Waals surface area contributed by atoms with Crippen molar-refractivity contribution < 1.29 is 5.11 Å². The van der Waals surface area contributed by atoms with E-state index < -0.39 is 0 Å². The Bertz CT molecular complexity index is 499. The van der Waals surface area contributed by atoms with Gasteiger partial charge in [0.15, 0.2) is 0 Å². The molecule has 0 spiro atoms. The second-order valence-corrected chi connectivity index (χ2v) is 4.15. The van der Waals surface area contributed by atoms with E-state index >= 15 is 0 Å². The van der Waals surface area contributed by atoms with Gasteiger partial charge in [0.05, 0.1) is 10.2 Å². The van der Waals surface area contributed by atoms with Gasteiger partial charge < -0.3 is 10.4 Å². The van der Waals surface area contributed by atoms with E-state index in [1.165, 1.54) is 0 Å². The lowest BCUT2D eigenvalue weighted by molar-refractivity contribution is 0.475. The Labute approximate surface area is 102 Å². The lowest BCUT2D eigenvalue weighted by Crippen LogP contribution is -1.98. The van der Waals surface area contributed by atoms with Gasteiger partial charge in [0.2, 0.25) is 5.95 Å². The number of phenolic OH excluding ortho intramolecular Hbond substituents is 1. The Kier molecular flexibility index (Phi) is 3.05. The molecule has 2 rings (SSSR count). The summed E-state index contributed by atoms with van der Waals surface area (Å²) in [4.78, 5) is 8.38. The number of rotatable bonds is 2. The molecule has 0 fully saturated rings. The number of aromatic hydroxyl groups is 1. The maximum Gasteiger partial charge on any atom is 0.227 e. The van der Waals surface area contributed by atoms with Gasteiger partial charge in [-0.1, -0.05) is 0 Å². The summed E-state index contributed by atoms with van der Waals surface area (Å²) >= 11 is 3.34. The van der Waals surface area contributed by atoms with Crippen molar-refractivity contribution in [3.63, 3.8) is 0 Å². The van der Waals surface area contributed by atoms with Crippen molar-refractivity contribution in [2.45, 2.75) is 6.92 Å². The van der Waals surface area contributed by atoms with Gasteiger partial charge in [0, 0.05) is 11.9 Å². The molecule has 2 N–H and O–H groups in total. The molecule has 1 aromatic heterocycles. The molecule has 0 amide bonds. The number of anilines is 2. The third kappa shape index (κ3) is 2.49. The van der Waals surface area contributed by atoms with Crippen LogP contribution in [0.1, 0.15) is 5.69 Å². The van der Waals surface area contributed by atoms with Crippen LogP contribution >= 0.6 is 15.9 Å². The average molecular weight is 280 g/mol. The fourth-order valence-electron chi connectivity index (χ4n) is 1.19. The molecule has 0 unspecified atom stereocenters. The molecule has 0 aliphatic heterocycles. The lowest BCUT2D eigenvalue weighted by atomic mass is 10.3. The highest BCUT2D eigenvalue weighted by atomic mass is 79.9. The van der Waals surface area contributed by atoms with Gasteiger partial charge in [-0.3, -0.25) is 0 Å². The van der Waals surface area contributed by atoms with Gasteiger partial charge in [-0.15, -0.1) is 0 Å². The fraction of sp³-hybridized carbons (Fsp3) is 0.0909. The number of halogens is 1. The third-order valence-corrected chi connectivity index (χ3v) is 2.82. The summed E-state index contributed by atoms with van der Waals surface area (Å²) in [6.07, 6.45) is 1.70. The number of aromatic nitrogens is 2. The Morgan fingerprint density at radius 1 is 1.25 bits per heavy atom. The van der Waals surface area contributed by atoms with Crippen LogP contribution in [0.2, 0.25) is 0 Å². The minimum atomic E-state index is 0.235. The van der Waals surface area contributed by atoms with Gasteiger partial charge in [-0.25, -0.2) is 9.97 Å². The predicted octanol–water partition coefficient (Wildman–Crippen LogP) is 3.00. The van der Waals surface area contributed by atoms with Crippen LogP contribution < -0.4 is 5.32 Å². The van der Waals surface area contributed by atoms with Gasteiger partial charge in [0.25, 0.3) is 0 Å². The molecule has 1 heterocycles. The van der Waals surface area contributed by atoms with E-state index in [2.05, 4.69) is 31.2 Å². The van der Waals surface area contributed by atoms with E-state index in [1.54, 1.807) is 30.5 Å². The standard InChI is InChI=1S/C11H10BrN3O/c1-7-10(12)6-13-11(14-7)15-8-2-4-9(16)5-3-8/h2-6,16H,1H3,(H,13,14,15).